The van der Waals surface area contributed by atoms with Crippen molar-refractivity contribution < 1.29 is 23.4 Å². The molecule has 196 valence electrons. The van der Waals surface area contributed by atoms with Crippen molar-refractivity contribution in [1.82, 2.24) is 0 Å². The van der Waals surface area contributed by atoms with E-state index in [9.17, 15) is 9.90 Å². The Kier molecular flexibility index (Phi) is 6.97. The molecule has 0 amide bonds. The molecule has 4 aliphatic rings. The second kappa shape index (κ2) is 8.99. The SMILES string of the molecule is CC(=O)O[C@H]1CC[C@@]2(C)[C@H](C1)CC(F)(F)[C@@H]1[C@@H]2CC[C@]2(C)[C@@H]([C@H](C)CCCC(C)(C)O)CC[C@@H]12. The maximum atomic E-state index is 16.0. The van der Waals surface area contributed by atoms with E-state index in [1.54, 1.807) is 0 Å². The normalized spacial score (nSPS) is 44.5. The minimum absolute atomic E-state index is 0.00309. The fourth-order valence-electron chi connectivity index (χ4n) is 9.49. The number of esters is 1. The lowest BCUT2D eigenvalue weighted by atomic mass is 9.43. The highest BCUT2D eigenvalue weighted by molar-refractivity contribution is 5.66. The van der Waals surface area contributed by atoms with E-state index < -0.39 is 17.4 Å². The van der Waals surface area contributed by atoms with Gasteiger partial charge in [-0.25, -0.2) is 8.78 Å². The van der Waals surface area contributed by atoms with E-state index in [-0.39, 0.29) is 47.1 Å². The second-order valence-electron chi connectivity index (χ2n) is 13.8. The number of hydrogen-bond acceptors (Lipinski definition) is 3. The van der Waals surface area contributed by atoms with Crippen LogP contribution in [0.2, 0.25) is 0 Å². The van der Waals surface area contributed by atoms with Crippen molar-refractivity contribution in [2.45, 2.75) is 130 Å². The minimum Gasteiger partial charge on any atom is -0.463 e. The van der Waals surface area contributed by atoms with Gasteiger partial charge in [0, 0.05) is 19.3 Å². The number of rotatable bonds is 6. The van der Waals surface area contributed by atoms with Crippen LogP contribution in [0.4, 0.5) is 8.78 Å². The van der Waals surface area contributed by atoms with E-state index >= 15 is 8.78 Å². The topological polar surface area (TPSA) is 46.5 Å². The highest BCUT2D eigenvalue weighted by Crippen LogP contribution is 2.71. The maximum Gasteiger partial charge on any atom is 0.302 e. The minimum atomic E-state index is -2.64. The fraction of sp³-hybridized carbons (Fsp3) is 0.966. The van der Waals surface area contributed by atoms with E-state index in [1.165, 1.54) is 6.92 Å². The Hall–Kier alpha value is -0.710. The molecule has 4 saturated carbocycles. The van der Waals surface area contributed by atoms with Crippen molar-refractivity contribution >= 4 is 5.97 Å². The number of hydrogen-bond donors (Lipinski definition) is 1. The largest absolute Gasteiger partial charge is 0.463 e. The summed E-state index contributed by atoms with van der Waals surface area (Å²) in [5.74, 6) is -2.33. The summed E-state index contributed by atoms with van der Waals surface area (Å²) >= 11 is 0. The van der Waals surface area contributed by atoms with Crippen LogP contribution in [-0.2, 0) is 9.53 Å². The summed E-state index contributed by atoms with van der Waals surface area (Å²) in [7, 11) is 0. The molecule has 34 heavy (non-hydrogen) atoms. The molecule has 3 nitrogen and oxygen atoms in total. The smallest absolute Gasteiger partial charge is 0.302 e. The van der Waals surface area contributed by atoms with Crippen molar-refractivity contribution in [2.24, 2.45) is 46.3 Å². The monoisotopic (exact) mass is 482 g/mol. The molecule has 1 N–H and O–H groups in total. The van der Waals surface area contributed by atoms with Crippen LogP contribution < -0.4 is 0 Å². The van der Waals surface area contributed by atoms with Crippen LogP contribution in [0.3, 0.4) is 0 Å². The molecule has 4 aliphatic carbocycles. The Morgan fingerprint density at radius 1 is 1.09 bits per heavy atom. The number of carbonyl (C=O) groups excluding carboxylic acids is 1. The number of ether oxygens (including phenoxy) is 1. The molecule has 0 aliphatic heterocycles. The van der Waals surface area contributed by atoms with Gasteiger partial charge in [0.15, 0.2) is 0 Å². The molecular formula is C29H48F2O3. The Balaban J connectivity index is 1.51. The third kappa shape index (κ3) is 4.68. The molecule has 9 atom stereocenters. The summed E-state index contributed by atoms with van der Waals surface area (Å²) in [6.07, 6.45) is 8.89. The summed E-state index contributed by atoms with van der Waals surface area (Å²) in [4.78, 5) is 11.5. The van der Waals surface area contributed by atoms with Gasteiger partial charge in [0.05, 0.1) is 5.60 Å². The maximum absolute atomic E-state index is 16.0. The molecule has 0 saturated heterocycles. The predicted molar refractivity (Wildman–Crippen MR) is 130 cm³/mol. The third-order valence-electron chi connectivity index (χ3n) is 11.1. The van der Waals surface area contributed by atoms with Gasteiger partial charge in [0.1, 0.15) is 6.10 Å². The van der Waals surface area contributed by atoms with Crippen LogP contribution in [0.15, 0.2) is 0 Å². The molecular weight excluding hydrogens is 434 g/mol. The zero-order valence-corrected chi connectivity index (χ0v) is 22.3. The van der Waals surface area contributed by atoms with E-state index in [4.69, 9.17) is 4.74 Å². The summed E-state index contributed by atoms with van der Waals surface area (Å²) in [6.45, 7) is 12.1. The van der Waals surface area contributed by atoms with Gasteiger partial charge in [-0.15, -0.1) is 0 Å². The first kappa shape index (κ1) is 26.4. The molecule has 4 fully saturated rings. The Bertz CT molecular complexity index is 761. The van der Waals surface area contributed by atoms with Crippen LogP contribution in [0, 0.1) is 46.3 Å². The lowest BCUT2D eigenvalue weighted by Gasteiger charge is -2.63. The quantitative estimate of drug-likeness (QED) is 0.401. The zero-order chi connectivity index (χ0) is 25.1. The molecule has 5 heteroatoms. The highest BCUT2D eigenvalue weighted by Gasteiger charge is 2.68. The Morgan fingerprint density at radius 3 is 2.38 bits per heavy atom. The van der Waals surface area contributed by atoms with E-state index in [2.05, 4.69) is 20.8 Å². The van der Waals surface area contributed by atoms with Gasteiger partial charge < -0.3 is 9.84 Å². The summed E-state index contributed by atoms with van der Waals surface area (Å²) < 4.78 is 37.5. The third-order valence-corrected chi connectivity index (χ3v) is 11.1. The number of fused-ring (bicyclic) bond motifs is 5. The van der Waals surface area contributed by atoms with Crippen LogP contribution in [0.1, 0.15) is 112 Å². The second-order valence-corrected chi connectivity index (χ2v) is 13.8. The molecule has 0 spiro atoms. The number of halogens is 2. The van der Waals surface area contributed by atoms with Gasteiger partial charge in [-0.05, 0) is 106 Å². The molecule has 0 aromatic heterocycles. The zero-order valence-electron chi connectivity index (χ0n) is 22.3. The van der Waals surface area contributed by atoms with Gasteiger partial charge in [-0.2, -0.15) is 0 Å². The van der Waals surface area contributed by atoms with E-state index in [1.807, 2.05) is 13.8 Å². The van der Waals surface area contributed by atoms with Gasteiger partial charge in [-0.1, -0.05) is 33.6 Å². The van der Waals surface area contributed by atoms with Crippen molar-refractivity contribution in [2.75, 3.05) is 0 Å². The van der Waals surface area contributed by atoms with E-state index in [0.717, 1.165) is 57.8 Å². The molecule has 0 unspecified atom stereocenters. The Labute approximate surface area is 205 Å². The summed E-state index contributed by atoms with van der Waals surface area (Å²) in [5.41, 5.74) is -0.706. The number of alkyl halides is 2. The van der Waals surface area contributed by atoms with Gasteiger partial charge in [0.25, 0.3) is 5.92 Å². The molecule has 0 aromatic rings. The first-order valence-corrected chi connectivity index (χ1v) is 13.9. The molecule has 0 radical (unpaired) electrons. The highest BCUT2D eigenvalue weighted by atomic mass is 19.3. The predicted octanol–water partition coefficient (Wildman–Crippen LogP) is 7.40. The first-order valence-electron chi connectivity index (χ1n) is 13.9. The van der Waals surface area contributed by atoms with Crippen LogP contribution in [0.5, 0.6) is 0 Å². The Morgan fingerprint density at radius 2 is 1.74 bits per heavy atom. The fourth-order valence-corrected chi connectivity index (χ4v) is 9.49. The van der Waals surface area contributed by atoms with E-state index in [0.29, 0.717) is 18.3 Å². The van der Waals surface area contributed by atoms with Crippen LogP contribution >= 0.6 is 0 Å². The molecule has 0 bridgehead atoms. The van der Waals surface area contributed by atoms with Gasteiger partial charge >= 0.3 is 5.97 Å². The summed E-state index contributed by atoms with van der Waals surface area (Å²) in [6, 6.07) is 0. The van der Waals surface area contributed by atoms with Crippen LogP contribution in [-0.4, -0.2) is 28.7 Å². The lowest BCUT2D eigenvalue weighted by Crippen LogP contribution is -2.61. The molecule has 0 heterocycles. The lowest BCUT2D eigenvalue weighted by molar-refractivity contribution is -0.239. The van der Waals surface area contributed by atoms with Crippen molar-refractivity contribution in [1.29, 1.82) is 0 Å². The van der Waals surface area contributed by atoms with Gasteiger partial charge in [-0.3, -0.25) is 4.79 Å². The van der Waals surface area contributed by atoms with Crippen molar-refractivity contribution in [3.63, 3.8) is 0 Å². The number of carbonyl (C=O) groups is 1. The van der Waals surface area contributed by atoms with Crippen molar-refractivity contribution in [3.05, 3.63) is 0 Å². The van der Waals surface area contributed by atoms with Crippen molar-refractivity contribution in [3.8, 4) is 0 Å². The average molecular weight is 483 g/mol. The van der Waals surface area contributed by atoms with Crippen LogP contribution in [0.25, 0.3) is 0 Å². The molecule has 0 aromatic carbocycles. The van der Waals surface area contributed by atoms with Gasteiger partial charge in [0.2, 0.25) is 0 Å². The average Bonchev–Trinajstić information content (AvgIpc) is 3.04. The summed E-state index contributed by atoms with van der Waals surface area (Å²) in [5, 5.41) is 10.1. The standard InChI is InChI=1S/C29H48F2O3/c1-18(8-7-13-26(3,4)33)22-9-10-23-25-24(12-15-28(22,23)6)27(5)14-11-21(34-19(2)32)16-20(27)17-29(25,30)31/h18,20-25,33H,7-17H2,1-6H3/t18-,20-,21+,22-,23+,24+,25+,27+,28-/m1/s1. The molecule has 4 rings (SSSR count). The number of aliphatic hydroxyl groups is 1. The first-order chi connectivity index (χ1) is 15.7.